The molecule has 4 nitrogen and oxygen atoms in total. The van der Waals surface area contributed by atoms with Crippen LogP contribution in [-0.4, -0.2) is 20.5 Å². The van der Waals surface area contributed by atoms with Gasteiger partial charge in [-0.05, 0) is 24.3 Å². The number of rotatable bonds is 2. The molecule has 0 saturated carbocycles. The minimum Gasteiger partial charge on any atom is -0.476 e. The van der Waals surface area contributed by atoms with Gasteiger partial charge in [-0.15, -0.1) is 0 Å². The quantitative estimate of drug-likeness (QED) is 0.785. The lowest BCUT2D eigenvalue weighted by atomic mass is 10.1. The van der Waals surface area contributed by atoms with Gasteiger partial charge in [0, 0.05) is 18.0 Å². The van der Waals surface area contributed by atoms with E-state index in [1.807, 2.05) is 0 Å². The number of hydrogen-bond donors (Lipinski definition) is 1. The summed E-state index contributed by atoms with van der Waals surface area (Å²) in [5.41, 5.74) is 0.402. The Bertz CT molecular complexity index is 851. The van der Waals surface area contributed by atoms with Crippen molar-refractivity contribution in [2.24, 2.45) is 0 Å². The summed E-state index contributed by atoms with van der Waals surface area (Å²) in [6, 6.07) is 7.88. The minimum absolute atomic E-state index is 0.182. The van der Waals surface area contributed by atoms with E-state index in [9.17, 15) is 18.0 Å². The number of alkyl halides is 3. The lowest BCUT2D eigenvalue weighted by molar-refractivity contribution is -0.137. The van der Waals surface area contributed by atoms with Gasteiger partial charge in [0.25, 0.3) is 0 Å². The molecule has 2 aromatic heterocycles. The summed E-state index contributed by atoms with van der Waals surface area (Å²) < 4.78 is 39.4. The largest absolute Gasteiger partial charge is 0.476 e. The van der Waals surface area contributed by atoms with Crippen LogP contribution in [0.4, 0.5) is 13.2 Å². The second-order valence-electron chi connectivity index (χ2n) is 4.66. The second-order valence-corrected chi connectivity index (χ2v) is 4.66. The fourth-order valence-electron chi connectivity index (χ4n) is 2.18. The average Bonchev–Trinajstić information content (AvgIpc) is 2.93. The molecule has 0 aliphatic carbocycles. The molecule has 7 heteroatoms. The first-order valence-electron chi connectivity index (χ1n) is 6.25. The zero-order valence-electron chi connectivity index (χ0n) is 11.0. The lowest BCUT2D eigenvalue weighted by Gasteiger charge is -2.09. The third-order valence-electron chi connectivity index (χ3n) is 3.22. The number of benzene rings is 1. The van der Waals surface area contributed by atoms with Crippen LogP contribution in [0.3, 0.4) is 0 Å². The summed E-state index contributed by atoms with van der Waals surface area (Å²) in [6.45, 7) is 0. The van der Waals surface area contributed by atoms with Crippen LogP contribution in [0.1, 0.15) is 16.1 Å². The van der Waals surface area contributed by atoms with E-state index in [4.69, 9.17) is 5.11 Å². The maximum Gasteiger partial charge on any atom is 0.416 e. The summed E-state index contributed by atoms with van der Waals surface area (Å²) in [7, 11) is 0. The lowest BCUT2D eigenvalue weighted by Crippen LogP contribution is -2.06. The number of fused-ring (bicyclic) bond motifs is 1. The van der Waals surface area contributed by atoms with Crippen molar-refractivity contribution >= 4 is 11.5 Å². The number of carboxylic acids is 1. The Morgan fingerprint density at radius 1 is 1.14 bits per heavy atom. The van der Waals surface area contributed by atoms with Gasteiger partial charge in [0.1, 0.15) is 0 Å². The highest BCUT2D eigenvalue weighted by Gasteiger charge is 2.30. The van der Waals surface area contributed by atoms with Crippen molar-refractivity contribution in [2.45, 2.75) is 6.18 Å². The zero-order chi connectivity index (χ0) is 15.9. The molecule has 1 N–H and O–H groups in total. The molecule has 0 fully saturated rings. The van der Waals surface area contributed by atoms with Gasteiger partial charge >= 0.3 is 12.1 Å². The van der Waals surface area contributed by atoms with Gasteiger partial charge in [0.2, 0.25) is 0 Å². The van der Waals surface area contributed by atoms with Crippen LogP contribution in [0.2, 0.25) is 0 Å². The van der Waals surface area contributed by atoms with Crippen LogP contribution in [0.15, 0.2) is 48.8 Å². The van der Waals surface area contributed by atoms with Gasteiger partial charge in [-0.3, -0.25) is 0 Å². The highest BCUT2D eigenvalue weighted by atomic mass is 19.4. The van der Waals surface area contributed by atoms with Crippen LogP contribution in [0.25, 0.3) is 16.8 Å². The van der Waals surface area contributed by atoms with E-state index in [1.54, 1.807) is 22.7 Å². The highest BCUT2D eigenvalue weighted by molar-refractivity contribution is 5.88. The molecule has 1 aromatic carbocycles. The van der Waals surface area contributed by atoms with Gasteiger partial charge in [0.05, 0.1) is 16.8 Å². The molecular weight excluding hydrogens is 297 g/mol. The molecule has 112 valence electrons. The van der Waals surface area contributed by atoms with Crippen LogP contribution >= 0.6 is 0 Å². The van der Waals surface area contributed by atoms with E-state index in [0.29, 0.717) is 16.8 Å². The van der Waals surface area contributed by atoms with E-state index in [0.717, 1.165) is 12.1 Å². The van der Waals surface area contributed by atoms with Crippen molar-refractivity contribution in [3.05, 3.63) is 60.0 Å². The van der Waals surface area contributed by atoms with Crippen molar-refractivity contribution in [1.29, 1.82) is 0 Å². The van der Waals surface area contributed by atoms with Crippen LogP contribution in [-0.2, 0) is 6.18 Å². The first-order chi connectivity index (χ1) is 10.4. The Hall–Kier alpha value is -2.83. The maximum absolute atomic E-state index is 12.6. The number of aromatic nitrogens is 2. The smallest absolute Gasteiger partial charge is 0.416 e. The molecule has 3 rings (SSSR count). The van der Waals surface area contributed by atoms with Crippen molar-refractivity contribution in [2.75, 3.05) is 0 Å². The third-order valence-corrected chi connectivity index (χ3v) is 3.22. The van der Waals surface area contributed by atoms with Gasteiger partial charge in [-0.25, -0.2) is 9.78 Å². The summed E-state index contributed by atoms with van der Waals surface area (Å²) in [5.74, 6) is -1.20. The minimum atomic E-state index is -4.42. The fourth-order valence-corrected chi connectivity index (χ4v) is 2.18. The van der Waals surface area contributed by atoms with Crippen molar-refractivity contribution < 1.29 is 23.1 Å². The van der Waals surface area contributed by atoms with Crippen LogP contribution < -0.4 is 0 Å². The van der Waals surface area contributed by atoms with E-state index in [2.05, 4.69) is 4.98 Å². The molecule has 0 atom stereocenters. The Labute approximate surface area is 122 Å². The monoisotopic (exact) mass is 306 g/mol. The molecule has 0 aliphatic rings. The summed E-state index contributed by atoms with van der Waals surface area (Å²) in [6.07, 6.45) is -1.42. The molecule has 0 amide bonds. The van der Waals surface area contributed by atoms with E-state index >= 15 is 0 Å². The molecule has 2 heterocycles. The van der Waals surface area contributed by atoms with Crippen molar-refractivity contribution in [3.63, 3.8) is 0 Å². The average molecular weight is 306 g/mol. The van der Waals surface area contributed by atoms with Gasteiger partial charge in [-0.1, -0.05) is 12.1 Å². The summed E-state index contributed by atoms with van der Waals surface area (Å²) >= 11 is 0. The number of carboxylic acid groups (broad SMARTS) is 1. The molecule has 22 heavy (non-hydrogen) atoms. The molecular formula is C15H9F3N2O2. The first kappa shape index (κ1) is 14.1. The van der Waals surface area contributed by atoms with E-state index < -0.39 is 17.7 Å². The molecule has 0 unspecified atom stereocenters. The number of nitrogens with zero attached hydrogens (tertiary/aromatic N) is 2. The number of aromatic carboxylic acids is 1. The van der Waals surface area contributed by atoms with E-state index in [-0.39, 0.29) is 5.69 Å². The molecule has 0 bridgehead atoms. The SMILES string of the molecule is O=C(O)c1cn2cccc2c(-c2ccc(C(F)(F)F)cc2)n1. The van der Waals surface area contributed by atoms with Crippen molar-refractivity contribution in [1.82, 2.24) is 9.38 Å². The standard InChI is InChI=1S/C15H9F3N2O2/c16-15(17,18)10-5-3-9(4-6-10)13-12-2-1-7-20(12)8-11(19-13)14(21)22/h1-8H,(H,21,22). The number of hydrogen-bond acceptors (Lipinski definition) is 2. The maximum atomic E-state index is 12.6. The van der Waals surface area contributed by atoms with Gasteiger partial charge in [0.15, 0.2) is 5.69 Å². The van der Waals surface area contributed by atoms with Gasteiger partial charge in [-0.2, -0.15) is 13.2 Å². The molecule has 0 saturated heterocycles. The van der Waals surface area contributed by atoms with Crippen molar-refractivity contribution in [3.8, 4) is 11.3 Å². The molecule has 0 radical (unpaired) electrons. The molecule has 0 aliphatic heterocycles. The zero-order valence-corrected chi connectivity index (χ0v) is 11.0. The van der Waals surface area contributed by atoms with Crippen LogP contribution in [0.5, 0.6) is 0 Å². The predicted octanol–water partition coefficient (Wildman–Crippen LogP) is 3.72. The molecule has 0 spiro atoms. The highest BCUT2D eigenvalue weighted by Crippen LogP contribution is 2.31. The summed E-state index contributed by atoms with van der Waals surface area (Å²) in [5, 5.41) is 9.08. The number of halogens is 3. The van der Waals surface area contributed by atoms with Crippen LogP contribution in [0, 0.1) is 0 Å². The Kier molecular flexibility index (Phi) is 3.13. The second kappa shape index (κ2) is 4.87. The molecule has 3 aromatic rings. The van der Waals surface area contributed by atoms with Gasteiger partial charge < -0.3 is 9.51 Å². The topological polar surface area (TPSA) is 54.6 Å². The number of carbonyl (C=O) groups is 1. The normalized spacial score (nSPS) is 11.8. The Balaban J connectivity index is 2.17. The third kappa shape index (κ3) is 2.41. The Morgan fingerprint density at radius 2 is 1.82 bits per heavy atom. The fraction of sp³-hybridized carbons (Fsp3) is 0.0667. The Morgan fingerprint density at radius 3 is 2.41 bits per heavy atom. The predicted molar refractivity (Wildman–Crippen MR) is 72.6 cm³/mol. The summed E-state index contributed by atoms with van der Waals surface area (Å²) in [4.78, 5) is 15.1. The van der Waals surface area contributed by atoms with E-state index in [1.165, 1.54) is 18.3 Å². The first-order valence-corrected chi connectivity index (χ1v) is 6.25.